The minimum absolute atomic E-state index is 0.0144. The predicted molar refractivity (Wildman–Crippen MR) is 105 cm³/mol. The van der Waals surface area contributed by atoms with Crippen LogP contribution in [0.5, 0.6) is 0 Å². The van der Waals surface area contributed by atoms with Gasteiger partial charge in [-0.3, -0.25) is 4.79 Å². The van der Waals surface area contributed by atoms with Gasteiger partial charge in [-0.05, 0) is 52.4 Å². The van der Waals surface area contributed by atoms with E-state index >= 15 is 0 Å². The average Bonchev–Trinajstić information content (AvgIpc) is 3.28. The summed E-state index contributed by atoms with van der Waals surface area (Å²) < 4.78 is 1.99. The Balaban J connectivity index is 1.38. The van der Waals surface area contributed by atoms with Gasteiger partial charge in [0, 0.05) is 55.9 Å². The Morgan fingerprint density at radius 1 is 0.929 bits per heavy atom. The molecule has 4 rings (SSSR count). The first kappa shape index (κ1) is 17.7. The zero-order chi connectivity index (χ0) is 19.5. The molecule has 0 bridgehead atoms. The summed E-state index contributed by atoms with van der Waals surface area (Å²) in [5.41, 5.74) is 2.51. The van der Waals surface area contributed by atoms with Gasteiger partial charge in [-0.1, -0.05) is 0 Å². The maximum atomic E-state index is 12.8. The molecule has 1 aliphatic heterocycles. The Hall–Kier alpha value is -3.68. The molecule has 2 aromatic heterocycles. The number of amides is 1. The van der Waals surface area contributed by atoms with Gasteiger partial charge in [-0.2, -0.15) is 0 Å². The largest absolute Gasteiger partial charge is 0.365 e. The maximum Gasteiger partial charge on any atom is 0.363 e. The first-order valence-corrected chi connectivity index (χ1v) is 9.00. The molecule has 1 fully saturated rings. The molecule has 1 saturated heterocycles. The number of piperazine rings is 1. The van der Waals surface area contributed by atoms with Crippen molar-refractivity contribution in [2.24, 2.45) is 0 Å². The number of aromatic nitrogens is 2. The van der Waals surface area contributed by atoms with Crippen molar-refractivity contribution in [3.63, 3.8) is 0 Å². The third kappa shape index (κ3) is 3.57. The summed E-state index contributed by atoms with van der Waals surface area (Å²) >= 11 is 0. The lowest BCUT2D eigenvalue weighted by Gasteiger charge is -2.35. The molecule has 8 nitrogen and oxygen atoms in total. The number of hydrogen-bond acceptors (Lipinski definition) is 5. The number of nitrogens with zero attached hydrogens (tertiary/aromatic N) is 5. The van der Waals surface area contributed by atoms with E-state index < -0.39 is 4.92 Å². The highest BCUT2D eigenvalue weighted by Crippen LogP contribution is 2.19. The lowest BCUT2D eigenvalue weighted by Crippen LogP contribution is -2.48. The summed E-state index contributed by atoms with van der Waals surface area (Å²) in [5.74, 6) is -0.151. The van der Waals surface area contributed by atoms with Crippen molar-refractivity contribution in [3.8, 4) is 5.69 Å². The maximum absolute atomic E-state index is 12.8. The molecule has 0 saturated carbocycles. The molecular formula is C20H19N5O3. The number of hydrogen-bond donors (Lipinski definition) is 0. The van der Waals surface area contributed by atoms with Crippen LogP contribution in [-0.2, 0) is 0 Å². The van der Waals surface area contributed by atoms with Crippen molar-refractivity contribution in [2.75, 3.05) is 31.1 Å². The smallest absolute Gasteiger partial charge is 0.363 e. The number of pyridine rings is 1. The molecule has 1 aromatic carbocycles. The molecule has 0 N–H and O–H groups in total. The molecule has 8 heteroatoms. The number of nitro groups is 1. The minimum Gasteiger partial charge on any atom is -0.365 e. The number of anilines is 1. The van der Waals surface area contributed by atoms with E-state index in [0.29, 0.717) is 31.7 Å². The second-order valence-corrected chi connectivity index (χ2v) is 6.55. The van der Waals surface area contributed by atoms with E-state index in [1.807, 2.05) is 58.3 Å². The first-order chi connectivity index (χ1) is 13.6. The van der Waals surface area contributed by atoms with Crippen LogP contribution in [0.4, 0.5) is 11.5 Å². The highest BCUT2D eigenvalue weighted by molar-refractivity contribution is 5.94. The molecule has 0 aliphatic carbocycles. The summed E-state index contributed by atoms with van der Waals surface area (Å²) in [6, 6.07) is 14.6. The van der Waals surface area contributed by atoms with Crippen molar-refractivity contribution in [1.82, 2.24) is 14.5 Å². The van der Waals surface area contributed by atoms with Gasteiger partial charge in [0.05, 0.1) is 5.69 Å². The lowest BCUT2D eigenvalue weighted by atomic mass is 10.1. The summed E-state index contributed by atoms with van der Waals surface area (Å²) in [5, 5.41) is 10.7. The predicted octanol–water partition coefficient (Wildman–Crippen LogP) is 2.74. The summed E-state index contributed by atoms with van der Waals surface area (Å²) in [6.07, 6.45) is 5.43. The van der Waals surface area contributed by atoms with Crippen molar-refractivity contribution in [1.29, 1.82) is 0 Å². The van der Waals surface area contributed by atoms with Crippen LogP contribution in [0.3, 0.4) is 0 Å². The van der Waals surface area contributed by atoms with Gasteiger partial charge in [-0.15, -0.1) is 0 Å². The van der Waals surface area contributed by atoms with E-state index in [1.54, 1.807) is 6.07 Å². The third-order valence-electron chi connectivity index (χ3n) is 4.87. The fourth-order valence-electron chi connectivity index (χ4n) is 3.31. The summed E-state index contributed by atoms with van der Waals surface area (Å²) in [6.45, 7) is 2.50. The molecule has 1 amide bonds. The molecular weight excluding hydrogens is 358 g/mol. The van der Waals surface area contributed by atoms with Crippen LogP contribution in [-0.4, -0.2) is 51.5 Å². The standard InChI is InChI=1S/C20H19N5O3/c26-20(16-3-5-17(6-4-16)22-9-1-2-10-22)24-13-11-23(12-14-24)18-7-8-19(21-15-18)25(27)28/h1-10,15H,11-14H2. The van der Waals surface area contributed by atoms with Crippen molar-refractivity contribution < 1.29 is 9.72 Å². The Morgan fingerprint density at radius 3 is 2.14 bits per heavy atom. The molecule has 28 heavy (non-hydrogen) atoms. The van der Waals surface area contributed by atoms with Gasteiger partial charge < -0.3 is 24.5 Å². The second-order valence-electron chi connectivity index (χ2n) is 6.55. The van der Waals surface area contributed by atoms with Crippen LogP contribution in [0.2, 0.25) is 0 Å². The van der Waals surface area contributed by atoms with Gasteiger partial charge in [0.1, 0.15) is 0 Å². The van der Waals surface area contributed by atoms with Crippen molar-refractivity contribution >= 4 is 17.4 Å². The Labute approximate surface area is 161 Å². The van der Waals surface area contributed by atoms with Crippen LogP contribution < -0.4 is 4.90 Å². The molecule has 142 valence electrons. The Kier molecular flexibility index (Phi) is 4.76. The fraction of sp³-hybridized carbons (Fsp3) is 0.200. The zero-order valence-corrected chi connectivity index (χ0v) is 15.1. The zero-order valence-electron chi connectivity index (χ0n) is 15.1. The Morgan fingerprint density at radius 2 is 1.57 bits per heavy atom. The van der Waals surface area contributed by atoms with Crippen LogP contribution in [0.1, 0.15) is 10.4 Å². The lowest BCUT2D eigenvalue weighted by molar-refractivity contribution is -0.389. The summed E-state index contributed by atoms with van der Waals surface area (Å²) in [4.78, 5) is 30.7. The van der Waals surface area contributed by atoms with E-state index in [9.17, 15) is 14.9 Å². The molecule has 0 unspecified atom stereocenters. The van der Waals surface area contributed by atoms with Crippen LogP contribution >= 0.6 is 0 Å². The van der Waals surface area contributed by atoms with E-state index in [4.69, 9.17) is 0 Å². The highest BCUT2D eigenvalue weighted by atomic mass is 16.6. The molecule has 0 radical (unpaired) electrons. The van der Waals surface area contributed by atoms with Crippen molar-refractivity contribution in [3.05, 3.63) is 82.8 Å². The Bertz CT molecular complexity index is 960. The van der Waals surface area contributed by atoms with E-state index in [0.717, 1.165) is 11.4 Å². The van der Waals surface area contributed by atoms with Gasteiger partial charge in [0.25, 0.3) is 5.91 Å². The minimum atomic E-state index is -0.512. The molecule has 3 heterocycles. The van der Waals surface area contributed by atoms with E-state index in [2.05, 4.69) is 9.88 Å². The molecule has 1 aliphatic rings. The topological polar surface area (TPSA) is 84.5 Å². The van der Waals surface area contributed by atoms with E-state index in [-0.39, 0.29) is 11.7 Å². The first-order valence-electron chi connectivity index (χ1n) is 9.00. The SMILES string of the molecule is O=C(c1ccc(-n2cccc2)cc1)N1CCN(c2ccc([N+](=O)[O-])nc2)CC1. The number of carbonyl (C=O) groups excluding carboxylic acids is 1. The number of benzene rings is 1. The van der Waals surface area contributed by atoms with Crippen LogP contribution in [0.15, 0.2) is 67.1 Å². The van der Waals surface area contributed by atoms with Crippen LogP contribution in [0, 0.1) is 10.1 Å². The number of rotatable bonds is 4. The normalized spacial score (nSPS) is 14.1. The molecule has 3 aromatic rings. The van der Waals surface area contributed by atoms with Gasteiger partial charge >= 0.3 is 5.82 Å². The quantitative estimate of drug-likeness (QED) is 0.516. The summed E-state index contributed by atoms with van der Waals surface area (Å²) in [7, 11) is 0. The molecule has 0 spiro atoms. The average molecular weight is 377 g/mol. The monoisotopic (exact) mass is 377 g/mol. The van der Waals surface area contributed by atoms with Gasteiger partial charge in [0.2, 0.25) is 0 Å². The third-order valence-corrected chi connectivity index (χ3v) is 4.87. The molecule has 0 atom stereocenters. The highest BCUT2D eigenvalue weighted by Gasteiger charge is 2.23. The van der Waals surface area contributed by atoms with Crippen molar-refractivity contribution in [2.45, 2.75) is 0 Å². The van der Waals surface area contributed by atoms with Crippen LogP contribution in [0.25, 0.3) is 5.69 Å². The second kappa shape index (κ2) is 7.51. The van der Waals surface area contributed by atoms with Gasteiger partial charge in [-0.25, -0.2) is 0 Å². The van der Waals surface area contributed by atoms with E-state index in [1.165, 1.54) is 12.3 Å². The van der Waals surface area contributed by atoms with Gasteiger partial charge in [0.15, 0.2) is 6.20 Å². The fourth-order valence-corrected chi connectivity index (χ4v) is 3.31. The number of carbonyl (C=O) groups is 1.